The van der Waals surface area contributed by atoms with Crippen LogP contribution in [0.4, 0.5) is 4.79 Å². The van der Waals surface area contributed by atoms with Gasteiger partial charge in [-0.05, 0) is 68.8 Å². The lowest BCUT2D eigenvalue weighted by Gasteiger charge is -2.32. The van der Waals surface area contributed by atoms with Gasteiger partial charge in [0.05, 0.1) is 36.2 Å². The van der Waals surface area contributed by atoms with Crippen LogP contribution in [0.1, 0.15) is 72.7 Å². The number of benzene rings is 2. The van der Waals surface area contributed by atoms with Gasteiger partial charge in [0.2, 0.25) is 5.91 Å². The SMILES string of the molecule is CCC(C)C(NC(=O)OC)C(=O)N1CCCC1c1ncc(-c2ccc3cc(B4OC(C)(C)C(C)(C)O4)ccc3c2)[nH]1. The molecule has 0 bridgehead atoms. The average molecular weight is 561 g/mol. The molecule has 2 fully saturated rings. The van der Waals surface area contributed by atoms with Gasteiger partial charge in [-0.15, -0.1) is 0 Å². The van der Waals surface area contributed by atoms with Crippen molar-refractivity contribution in [1.82, 2.24) is 20.2 Å². The zero-order chi connectivity index (χ0) is 29.5. The first-order valence-electron chi connectivity index (χ1n) is 14.5. The molecule has 218 valence electrons. The lowest BCUT2D eigenvalue weighted by Crippen LogP contribution is -2.51. The van der Waals surface area contributed by atoms with Crippen LogP contribution in [0.2, 0.25) is 0 Å². The van der Waals surface area contributed by atoms with Crippen molar-refractivity contribution < 1.29 is 23.6 Å². The van der Waals surface area contributed by atoms with E-state index in [0.29, 0.717) is 6.54 Å². The summed E-state index contributed by atoms with van der Waals surface area (Å²) in [5.74, 6) is 0.620. The van der Waals surface area contributed by atoms with Crippen LogP contribution in [-0.4, -0.2) is 64.9 Å². The van der Waals surface area contributed by atoms with Crippen molar-refractivity contribution in [2.45, 2.75) is 84.1 Å². The third-order valence-corrected chi connectivity index (χ3v) is 9.09. The number of hydrogen-bond donors (Lipinski definition) is 2. The van der Waals surface area contributed by atoms with E-state index in [1.165, 1.54) is 7.11 Å². The number of nitrogens with zero attached hydrogens (tertiary/aromatic N) is 2. The predicted octanol–water partition coefficient (Wildman–Crippen LogP) is 4.96. The van der Waals surface area contributed by atoms with Crippen molar-refractivity contribution in [1.29, 1.82) is 0 Å². The molecule has 10 heteroatoms. The largest absolute Gasteiger partial charge is 0.494 e. The maximum atomic E-state index is 13.6. The maximum Gasteiger partial charge on any atom is 0.494 e. The number of hydrogen-bond acceptors (Lipinski definition) is 6. The summed E-state index contributed by atoms with van der Waals surface area (Å²) in [4.78, 5) is 35.6. The normalized spacial score (nSPS) is 21.2. The Hall–Kier alpha value is -3.37. The van der Waals surface area contributed by atoms with Crippen LogP contribution in [0.5, 0.6) is 0 Å². The van der Waals surface area contributed by atoms with Crippen molar-refractivity contribution in [2.24, 2.45) is 5.92 Å². The van der Waals surface area contributed by atoms with Crippen molar-refractivity contribution in [3.8, 4) is 11.3 Å². The highest BCUT2D eigenvalue weighted by Gasteiger charge is 2.51. The highest BCUT2D eigenvalue weighted by atomic mass is 16.7. The molecule has 3 heterocycles. The summed E-state index contributed by atoms with van der Waals surface area (Å²) in [6.45, 7) is 12.8. The number of ether oxygens (including phenoxy) is 1. The molecule has 3 aromatic rings. The number of carbonyl (C=O) groups is 2. The van der Waals surface area contributed by atoms with E-state index in [-0.39, 0.29) is 29.1 Å². The zero-order valence-corrected chi connectivity index (χ0v) is 25.1. The van der Waals surface area contributed by atoms with Gasteiger partial charge in [0.1, 0.15) is 11.9 Å². The predicted molar refractivity (Wildman–Crippen MR) is 160 cm³/mol. The second-order valence-electron chi connectivity index (χ2n) is 12.3. The van der Waals surface area contributed by atoms with Crippen LogP contribution in [0, 0.1) is 5.92 Å². The molecule has 0 saturated carbocycles. The Labute approximate surface area is 242 Å². The van der Waals surface area contributed by atoms with E-state index in [0.717, 1.165) is 52.6 Å². The van der Waals surface area contributed by atoms with Crippen molar-refractivity contribution >= 4 is 35.4 Å². The minimum atomic E-state index is -0.648. The van der Waals surface area contributed by atoms with Gasteiger partial charge in [-0.3, -0.25) is 4.79 Å². The van der Waals surface area contributed by atoms with Gasteiger partial charge < -0.3 is 29.2 Å². The molecule has 2 aliphatic heterocycles. The van der Waals surface area contributed by atoms with E-state index in [1.807, 2.05) is 24.9 Å². The number of amides is 2. The molecular weight excluding hydrogens is 519 g/mol. The van der Waals surface area contributed by atoms with Crippen molar-refractivity contribution in [3.63, 3.8) is 0 Å². The highest BCUT2D eigenvalue weighted by Crippen LogP contribution is 2.37. The smallest absolute Gasteiger partial charge is 0.453 e. The van der Waals surface area contributed by atoms with E-state index in [4.69, 9.17) is 14.0 Å². The summed E-state index contributed by atoms with van der Waals surface area (Å²) in [6.07, 6.45) is 3.67. The minimum absolute atomic E-state index is 0.0297. The number of carbonyl (C=O) groups excluding carboxylic acids is 2. The molecule has 2 N–H and O–H groups in total. The third kappa shape index (κ3) is 5.59. The Balaban J connectivity index is 1.34. The van der Waals surface area contributed by atoms with Crippen molar-refractivity contribution in [3.05, 3.63) is 48.4 Å². The number of nitrogens with one attached hydrogen (secondary N) is 2. The number of aromatic nitrogens is 2. The highest BCUT2D eigenvalue weighted by molar-refractivity contribution is 6.62. The molecule has 1 aromatic heterocycles. The molecular formula is C31H41BN4O5. The molecule has 2 aliphatic rings. The van der Waals surface area contributed by atoms with E-state index in [1.54, 1.807) is 0 Å². The molecule has 2 amide bonds. The Kier molecular flexibility index (Phi) is 7.91. The topological polar surface area (TPSA) is 106 Å². The summed E-state index contributed by atoms with van der Waals surface area (Å²) in [7, 11) is 0.904. The minimum Gasteiger partial charge on any atom is -0.453 e. The molecule has 41 heavy (non-hydrogen) atoms. The number of aromatic amines is 1. The van der Waals surface area contributed by atoms with Crippen molar-refractivity contribution in [2.75, 3.05) is 13.7 Å². The molecule has 2 saturated heterocycles. The second-order valence-corrected chi connectivity index (χ2v) is 12.3. The first-order valence-corrected chi connectivity index (χ1v) is 14.5. The molecule has 0 spiro atoms. The summed E-state index contributed by atoms with van der Waals surface area (Å²) >= 11 is 0. The molecule has 9 nitrogen and oxygen atoms in total. The number of likely N-dealkylation sites (tertiary alicyclic amines) is 1. The number of fused-ring (bicyclic) bond motifs is 1. The fourth-order valence-corrected chi connectivity index (χ4v) is 5.57. The number of imidazole rings is 1. The Bertz CT molecular complexity index is 1420. The molecule has 5 rings (SSSR count). The monoisotopic (exact) mass is 560 g/mol. The lowest BCUT2D eigenvalue weighted by atomic mass is 9.78. The average Bonchev–Trinajstić information content (AvgIpc) is 3.68. The number of H-pyrrole nitrogens is 1. The van der Waals surface area contributed by atoms with Crippen LogP contribution >= 0.6 is 0 Å². The van der Waals surface area contributed by atoms with Crippen LogP contribution < -0.4 is 10.8 Å². The standard InChI is InChI=1S/C31H41BN4O5/c1-8-19(2)26(35-29(38)39-7)28(37)36-15-9-10-25(36)27-33-18-24(34-27)22-12-11-21-17-23(14-13-20(21)16-22)32-40-30(3,4)31(5,6)41-32/h11-14,16-19,25-26H,8-10,15H2,1-7H3,(H,33,34)(H,35,38). The summed E-state index contributed by atoms with van der Waals surface area (Å²) < 4.78 is 17.3. The van der Waals surface area contributed by atoms with Crippen LogP contribution in [-0.2, 0) is 18.8 Å². The fraction of sp³-hybridized carbons (Fsp3) is 0.516. The number of methoxy groups -OCH3 is 1. The van der Waals surface area contributed by atoms with Crippen LogP contribution in [0.3, 0.4) is 0 Å². The summed E-state index contributed by atoms with van der Waals surface area (Å²) in [5, 5.41) is 4.94. The molecule has 2 aromatic carbocycles. The van der Waals surface area contributed by atoms with Gasteiger partial charge in [-0.25, -0.2) is 9.78 Å². The van der Waals surface area contributed by atoms with Crippen LogP contribution in [0.15, 0.2) is 42.6 Å². The molecule has 3 atom stereocenters. The maximum absolute atomic E-state index is 13.6. The Morgan fingerprint density at radius 3 is 2.51 bits per heavy atom. The first-order chi connectivity index (χ1) is 19.4. The van der Waals surface area contributed by atoms with Gasteiger partial charge in [0, 0.05) is 12.1 Å². The molecule has 0 aliphatic carbocycles. The first kappa shape index (κ1) is 29.1. The molecule has 3 unspecified atom stereocenters. The number of rotatable bonds is 7. The van der Waals surface area contributed by atoms with E-state index >= 15 is 0 Å². The van der Waals surface area contributed by atoms with Gasteiger partial charge >= 0.3 is 13.2 Å². The lowest BCUT2D eigenvalue weighted by molar-refractivity contribution is -0.135. The zero-order valence-electron chi connectivity index (χ0n) is 25.1. The third-order valence-electron chi connectivity index (χ3n) is 9.09. The summed E-state index contributed by atoms with van der Waals surface area (Å²) in [5.41, 5.74) is 2.13. The number of alkyl carbamates (subject to hydrolysis) is 1. The fourth-order valence-electron chi connectivity index (χ4n) is 5.57. The Morgan fingerprint density at radius 2 is 1.83 bits per heavy atom. The van der Waals surface area contributed by atoms with Gasteiger partial charge in [-0.1, -0.05) is 50.6 Å². The van der Waals surface area contributed by atoms with E-state index in [9.17, 15) is 9.59 Å². The van der Waals surface area contributed by atoms with Gasteiger partial charge in [-0.2, -0.15) is 0 Å². The summed E-state index contributed by atoms with van der Waals surface area (Å²) in [6, 6.07) is 11.8. The van der Waals surface area contributed by atoms with E-state index < -0.39 is 19.3 Å². The molecule has 0 radical (unpaired) electrons. The Morgan fingerprint density at radius 1 is 1.15 bits per heavy atom. The van der Waals surface area contributed by atoms with Gasteiger partial charge in [0.15, 0.2) is 0 Å². The quantitative estimate of drug-likeness (QED) is 0.396. The van der Waals surface area contributed by atoms with Crippen LogP contribution in [0.25, 0.3) is 22.0 Å². The van der Waals surface area contributed by atoms with Gasteiger partial charge in [0.25, 0.3) is 0 Å². The second kappa shape index (κ2) is 11.1. The van der Waals surface area contributed by atoms with E-state index in [2.05, 4.69) is 79.4 Å².